The molecule has 5 heteroatoms. The van der Waals surface area contributed by atoms with Gasteiger partial charge >= 0.3 is 0 Å². The van der Waals surface area contributed by atoms with Gasteiger partial charge in [0.2, 0.25) is 5.79 Å². The molecule has 2 fully saturated rings. The predicted octanol–water partition coefficient (Wildman–Crippen LogP) is -0.0578. The Bertz CT molecular complexity index is 641. The van der Waals surface area contributed by atoms with Gasteiger partial charge < -0.3 is 25.0 Å². The standard InChI is InChI=1S/C17H21NO4/c1-18-7-6-16-10-3-4-12(19)15(16)22-17(21)13(20)5-2-9(14(16)17)8-11(10)18/h2-5,10-13,15,19-21H,6-8H2,1H3/t10-,11+,12-,13?,15-,16-,17?/m0/s1. The van der Waals surface area contributed by atoms with Crippen molar-refractivity contribution in [2.75, 3.05) is 13.6 Å². The van der Waals surface area contributed by atoms with E-state index in [9.17, 15) is 15.3 Å². The third-order valence-corrected chi connectivity index (χ3v) is 6.55. The molecule has 7 atom stereocenters. The first-order chi connectivity index (χ1) is 10.5. The summed E-state index contributed by atoms with van der Waals surface area (Å²) in [6, 6.07) is 0.351. The van der Waals surface area contributed by atoms with E-state index in [0.717, 1.165) is 30.5 Å². The van der Waals surface area contributed by atoms with Crippen molar-refractivity contribution in [2.45, 2.75) is 43.0 Å². The Balaban J connectivity index is 1.81. The third-order valence-electron chi connectivity index (χ3n) is 6.55. The number of rotatable bonds is 0. The zero-order chi connectivity index (χ0) is 15.3. The molecule has 3 aliphatic carbocycles. The first-order valence-corrected chi connectivity index (χ1v) is 8.05. The lowest BCUT2D eigenvalue weighted by Crippen LogP contribution is -2.62. The van der Waals surface area contributed by atoms with Crippen molar-refractivity contribution in [1.29, 1.82) is 0 Å². The first kappa shape index (κ1) is 13.5. The molecule has 3 N–H and O–H groups in total. The number of nitrogens with zero attached hydrogens (tertiary/aromatic N) is 1. The van der Waals surface area contributed by atoms with E-state index >= 15 is 0 Å². The number of allylic oxidation sites excluding steroid dienone is 1. The van der Waals surface area contributed by atoms with Crippen molar-refractivity contribution in [3.63, 3.8) is 0 Å². The number of piperidine rings is 1. The van der Waals surface area contributed by atoms with Crippen LogP contribution in [-0.2, 0) is 4.74 Å². The molecule has 22 heavy (non-hydrogen) atoms. The lowest BCUT2D eigenvalue weighted by Gasteiger charge is -2.57. The summed E-state index contributed by atoms with van der Waals surface area (Å²) in [4.78, 5) is 2.37. The van der Waals surface area contributed by atoms with Gasteiger partial charge in [-0.25, -0.2) is 0 Å². The van der Waals surface area contributed by atoms with Crippen LogP contribution in [0, 0.1) is 11.3 Å². The largest absolute Gasteiger partial charge is 0.386 e. The summed E-state index contributed by atoms with van der Waals surface area (Å²) in [6.45, 7) is 0.911. The lowest BCUT2D eigenvalue weighted by atomic mass is 9.51. The van der Waals surface area contributed by atoms with Crippen LogP contribution in [0.1, 0.15) is 12.8 Å². The van der Waals surface area contributed by atoms with Crippen LogP contribution < -0.4 is 0 Å². The quantitative estimate of drug-likeness (QED) is 0.547. The summed E-state index contributed by atoms with van der Waals surface area (Å²) in [5, 5.41) is 31.9. The molecule has 2 saturated heterocycles. The molecule has 118 valence electrons. The maximum atomic E-state index is 11.1. The van der Waals surface area contributed by atoms with Crippen LogP contribution in [0.3, 0.4) is 0 Å². The molecule has 5 rings (SSSR count). The minimum atomic E-state index is -1.68. The Morgan fingerprint density at radius 3 is 2.91 bits per heavy atom. The molecule has 0 aromatic carbocycles. The number of hydrogen-bond donors (Lipinski definition) is 3. The lowest BCUT2D eigenvalue weighted by molar-refractivity contribution is -0.232. The van der Waals surface area contributed by atoms with Gasteiger partial charge in [-0.3, -0.25) is 0 Å². The Hall–Kier alpha value is -0.980. The summed E-state index contributed by atoms with van der Waals surface area (Å²) >= 11 is 0. The summed E-state index contributed by atoms with van der Waals surface area (Å²) < 4.78 is 5.95. The van der Waals surface area contributed by atoms with E-state index < -0.39 is 24.1 Å². The Morgan fingerprint density at radius 1 is 1.27 bits per heavy atom. The second-order valence-electron chi connectivity index (χ2n) is 7.38. The minimum absolute atomic E-state index is 0.214. The Morgan fingerprint density at radius 2 is 2.09 bits per heavy atom. The molecule has 0 aromatic heterocycles. The fourth-order valence-corrected chi connectivity index (χ4v) is 5.62. The zero-order valence-corrected chi connectivity index (χ0v) is 12.5. The second kappa shape index (κ2) is 3.91. The van der Waals surface area contributed by atoms with E-state index in [0.29, 0.717) is 6.04 Å². The number of ether oxygens (including phenoxy) is 1. The molecule has 1 spiro atoms. The number of likely N-dealkylation sites (tertiary alicyclic amines) is 1. The average molecular weight is 303 g/mol. The Labute approximate surface area is 129 Å². The maximum absolute atomic E-state index is 11.1. The normalized spacial score (nSPS) is 55.5. The van der Waals surface area contributed by atoms with Crippen molar-refractivity contribution in [1.82, 2.24) is 4.90 Å². The predicted molar refractivity (Wildman–Crippen MR) is 78.7 cm³/mol. The molecular weight excluding hydrogens is 282 g/mol. The molecule has 5 aliphatic rings. The highest BCUT2D eigenvalue weighted by atomic mass is 16.7. The highest BCUT2D eigenvalue weighted by Gasteiger charge is 2.71. The van der Waals surface area contributed by atoms with Crippen LogP contribution in [0.25, 0.3) is 0 Å². The van der Waals surface area contributed by atoms with E-state index in [-0.39, 0.29) is 11.3 Å². The topological polar surface area (TPSA) is 73.2 Å². The van der Waals surface area contributed by atoms with E-state index in [2.05, 4.69) is 18.0 Å². The smallest absolute Gasteiger partial charge is 0.220 e. The molecule has 0 saturated carbocycles. The van der Waals surface area contributed by atoms with Gasteiger partial charge in [-0.15, -0.1) is 0 Å². The van der Waals surface area contributed by atoms with Crippen LogP contribution >= 0.6 is 0 Å². The van der Waals surface area contributed by atoms with Crippen molar-refractivity contribution in [3.8, 4) is 0 Å². The monoisotopic (exact) mass is 303 g/mol. The number of hydrogen-bond acceptors (Lipinski definition) is 5. The zero-order valence-electron chi connectivity index (χ0n) is 12.5. The average Bonchev–Trinajstić information content (AvgIpc) is 2.78. The SMILES string of the molecule is CN1CC[C@]23C4=C5C=CC(O)C4(O)O[C@H]2[C@@H](O)C=C[C@H]3[C@H]1C5. The molecular formula is C17H21NO4. The minimum Gasteiger partial charge on any atom is -0.386 e. The van der Waals surface area contributed by atoms with Crippen molar-refractivity contribution in [2.24, 2.45) is 11.3 Å². The van der Waals surface area contributed by atoms with E-state index in [1.54, 1.807) is 12.2 Å². The summed E-state index contributed by atoms with van der Waals surface area (Å²) in [5.41, 5.74) is 1.52. The van der Waals surface area contributed by atoms with Gasteiger partial charge in [-0.1, -0.05) is 24.3 Å². The van der Waals surface area contributed by atoms with Crippen molar-refractivity contribution >= 4 is 0 Å². The van der Waals surface area contributed by atoms with Crippen LogP contribution in [0.15, 0.2) is 35.5 Å². The Kier molecular flexibility index (Phi) is 2.39. The fraction of sp³-hybridized carbons (Fsp3) is 0.647. The third kappa shape index (κ3) is 1.26. The highest BCUT2D eigenvalue weighted by molar-refractivity contribution is 5.51. The molecule has 2 heterocycles. The molecule has 2 aliphatic heterocycles. The first-order valence-electron chi connectivity index (χ1n) is 8.05. The molecule has 2 bridgehead atoms. The fourth-order valence-electron chi connectivity index (χ4n) is 5.62. The van der Waals surface area contributed by atoms with Gasteiger partial charge in [0.15, 0.2) is 0 Å². The van der Waals surface area contributed by atoms with Gasteiger partial charge in [0, 0.05) is 22.9 Å². The summed E-state index contributed by atoms with van der Waals surface area (Å²) in [7, 11) is 2.14. The van der Waals surface area contributed by atoms with Gasteiger partial charge in [0.25, 0.3) is 0 Å². The number of aliphatic hydroxyl groups excluding tert-OH is 2. The van der Waals surface area contributed by atoms with E-state index in [1.807, 2.05) is 6.08 Å². The van der Waals surface area contributed by atoms with Crippen LogP contribution in [0.4, 0.5) is 0 Å². The molecule has 0 radical (unpaired) electrons. The van der Waals surface area contributed by atoms with Gasteiger partial charge in [0.1, 0.15) is 12.2 Å². The van der Waals surface area contributed by atoms with Crippen molar-refractivity contribution in [3.05, 3.63) is 35.5 Å². The molecule has 0 aromatic rings. The van der Waals surface area contributed by atoms with Gasteiger partial charge in [0.05, 0.1) is 6.10 Å². The second-order valence-corrected chi connectivity index (χ2v) is 7.38. The van der Waals surface area contributed by atoms with Gasteiger partial charge in [-0.05, 0) is 32.0 Å². The van der Waals surface area contributed by atoms with E-state index in [4.69, 9.17) is 4.74 Å². The summed E-state index contributed by atoms with van der Waals surface area (Å²) in [5.74, 6) is -1.47. The van der Waals surface area contributed by atoms with Crippen LogP contribution in [-0.4, -0.2) is 64.0 Å². The highest BCUT2D eigenvalue weighted by Crippen LogP contribution is 2.66. The number of aliphatic hydroxyl groups is 3. The summed E-state index contributed by atoms with van der Waals surface area (Å²) in [6.07, 6.45) is 6.83. The molecule has 2 unspecified atom stereocenters. The van der Waals surface area contributed by atoms with E-state index in [1.165, 1.54) is 0 Å². The van der Waals surface area contributed by atoms with Crippen LogP contribution in [0.5, 0.6) is 0 Å². The molecule has 0 amide bonds. The van der Waals surface area contributed by atoms with Crippen LogP contribution in [0.2, 0.25) is 0 Å². The van der Waals surface area contributed by atoms with Gasteiger partial charge in [-0.2, -0.15) is 0 Å². The molecule has 5 nitrogen and oxygen atoms in total. The van der Waals surface area contributed by atoms with Crippen molar-refractivity contribution < 1.29 is 20.1 Å². The maximum Gasteiger partial charge on any atom is 0.220 e.